The number of aliphatic hydroxyl groups excluding tert-OH is 3. The standard InChI is InChI=1S/C22H20O11/c1-30-10-4-2-9(3-5-10)12-8-31-14-7-11(6-13(23)15(14)16(12)24)32-22-19(27)17(25)18(26)20(33-22)21(28)29/h2-8,17-20,22-23,25-27H,1H3,(H,28,29)/t17-,18-,19+,20-,22+/m1/s1. The summed E-state index contributed by atoms with van der Waals surface area (Å²) in [5, 5.41) is 49.2. The van der Waals surface area contributed by atoms with E-state index in [9.17, 15) is 30.0 Å². The molecular formula is C22H20O11. The molecule has 33 heavy (non-hydrogen) atoms. The van der Waals surface area contributed by atoms with E-state index in [2.05, 4.69) is 0 Å². The molecule has 11 heteroatoms. The van der Waals surface area contributed by atoms with E-state index in [0.29, 0.717) is 11.3 Å². The van der Waals surface area contributed by atoms with Gasteiger partial charge in [0.1, 0.15) is 52.8 Å². The number of hydrogen-bond acceptors (Lipinski definition) is 10. The first-order chi connectivity index (χ1) is 15.7. The lowest BCUT2D eigenvalue weighted by Gasteiger charge is -2.38. The van der Waals surface area contributed by atoms with Crippen LogP contribution in [-0.4, -0.2) is 69.3 Å². The average molecular weight is 460 g/mol. The largest absolute Gasteiger partial charge is 0.507 e. The van der Waals surface area contributed by atoms with E-state index in [4.69, 9.17) is 23.7 Å². The van der Waals surface area contributed by atoms with Crippen molar-refractivity contribution in [2.24, 2.45) is 0 Å². The zero-order chi connectivity index (χ0) is 23.9. The minimum Gasteiger partial charge on any atom is -0.507 e. The third kappa shape index (κ3) is 4.10. The number of rotatable bonds is 5. The summed E-state index contributed by atoms with van der Waals surface area (Å²) in [4.78, 5) is 24.2. The summed E-state index contributed by atoms with van der Waals surface area (Å²) in [6, 6.07) is 8.94. The summed E-state index contributed by atoms with van der Waals surface area (Å²) in [7, 11) is 1.51. The van der Waals surface area contributed by atoms with Gasteiger partial charge in [-0.15, -0.1) is 0 Å². The van der Waals surface area contributed by atoms with Crippen molar-refractivity contribution < 1.29 is 49.0 Å². The molecule has 174 valence electrons. The predicted octanol–water partition coefficient (Wildman–Crippen LogP) is 0.445. The molecule has 0 radical (unpaired) electrons. The van der Waals surface area contributed by atoms with Crippen molar-refractivity contribution in [2.45, 2.75) is 30.7 Å². The van der Waals surface area contributed by atoms with Crippen LogP contribution in [0.15, 0.2) is 51.9 Å². The molecule has 0 spiro atoms. The smallest absolute Gasteiger partial charge is 0.335 e. The SMILES string of the molecule is COc1ccc(-c2coc3cc(O[C@H]4O[C@@H](C(=O)O)[C@H](O)[C@@H](O)[C@@H]4O)cc(O)c3c2=O)cc1. The highest BCUT2D eigenvalue weighted by Crippen LogP contribution is 2.33. The molecule has 11 nitrogen and oxygen atoms in total. The van der Waals surface area contributed by atoms with Crippen molar-refractivity contribution in [3.63, 3.8) is 0 Å². The molecule has 5 N–H and O–H groups in total. The van der Waals surface area contributed by atoms with Gasteiger partial charge in [0.2, 0.25) is 11.7 Å². The quantitative estimate of drug-likeness (QED) is 0.357. The predicted molar refractivity (Wildman–Crippen MR) is 111 cm³/mol. The van der Waals surface area contributed by atoms with Crippen molar-refractivity contribution in [2.75, 3.05) is 7.11 Å². The molecule has 0 bridgehead atoms. The van der Waals surface area contributed by atoms with Crippen molar-refractivity contribution >= 4 is 16.9 Å². The van der Waals surface area contributed by atoms with Crippen LogP contribution < -0.4 is 14.9 Å². The van der Waals surface area contributed by atoms with Crippen LogP contribution in [-0.2, 0) is 9.53 Å². The third-order valence-corrected chi connectivity index (χ3v) is 5.30. The Hall–Kier alpha value is -3.64. The van der Waals surface area contributed by atoms with E-state index < -0.39 is 47.9 Å². The van der Waals surface area contributed by atoms with Crippen molar-refractivity contribution in [3.8, 4) is 28.4 Å². The van der Waals surface area contributed by atoms with Crippen LogP contribution in [0.4, 0.5) is 0 Å². The number of carboxylic acids is 1. The fourth-order valence-electron chi connectivity index (χ4n) is 3.53. The van der Waals surface area contributed by atoms with Crippen LogP contribution in [0.25, 0.3) is 22.1 Å². The highest BCUT2D eigenvalue weighted by atomic mass is 16.7. The van der Waals surface area contributed by atoms with Gasteiger partial charge < -0.3 is 44.2 Å². The molecule has 2 heterocycles. The normalized spacial score (nSPS) is 25.0. The Labute approximate surface area is 185 Å². The number of hydrogen-bond donors (Lipinski definition) is 5. The fourth-order valence-corrected chi connectivity index (χ4v) is 3.53. The molecule has 1 fully saturated rings. The Bertz CT molecular complexity index is 1230. The lowest BCUT2D eigenvalue weighted by atomic mass is 9.99. The van der Waals surface area contributed by atoms with Gasteiger partial charge in [-0.2, -0.15) is 0 Å². The van der Waals surface area contributed by atoms with E-state index in [1.54, 1.807) is 24.3 Å². The summed E-state index contributed by atoms with van der Waals surface area (Å²) in [5.74, 6) is -1.60. The van der Waals surface area contributed by atoms with Crippen molar-refractivity contribution in [3.05, 3.63) is 52.9 Å². The van der Waals surface area contributed by atoms with E-state index in [1.165, 1.54) is 19.4 Å². The Morgan fingerprint density at radius 1 is 1.00 bits per heavy atom. The van der Waals surface area contributed by atoms with Gasteiger partial charge in [-0.05, 0) is 17.7 Å². The van der Waals surface area contributed by atoms with Crippen LogP contribution in [0.2, 0.25) is 0 Å². The molecule has 0 aliphatic carbocycles. The summed E-state index contributed by atoms with van der Waals surface area (Å²) in [6.07, 6.45) is -7.86. The van der Waals surface area contributed by atoms with Crippen LogP contribution in [0.1, 0.15) is 0 Å². The topological polar surface area (TPSA) is 176 Å². The molecule has 3 aromatic rings. The zero-order valence-corrected chi connectivity index (χ0v) is 17.1. The van der Waals surface area contributed by atoms with E-state index in [1.807, 2.05) is 0 Å². The summed E-state index contributed by atoms with van der Waals surface area (Å²) < 4.78 is 21.1. The number of carbonyl (C=O) groups is 1. The maximum Gasteiger partial charge on any atom is 0.335 e. The summed E-state index contributed by atoms with van der Waals surface area (Å²) in [5.41, 5.74) is 0.176. The zero-order valence-electron chi connectivity index (χ0n) is 17.1. The number of phenolic OH excluding ortho intramolecular Hbond substituents is 1. The minimum atomic E-state index is -1.88. The Balaban J connectivity index is 1.67. The molecule has 1 aliphatic rings. The molecule has 4 rings (SSSR count). The van der Waals surface area contributed by atoms with Gasteiger partial charge in [-0.25, -0.2) is 4.79 Å². The minimum absolute atomic E-state index is 0.0482. The van der Waals surface area contributed by atoms with Gasteiger partial charge in [0, 0.05) is 12.1 Å². The van der Waals surface area contributed by atoms with Gasteiger partial charge in [-0.3, -0.25) is 4.79 Å². The third-order valence-electron chi connectivity index (χ3n) is 5.30. The van der Waals surface area contributed by atoms with Crippen LogP contribution in [0, 0.1) is 0 Å². The van der Waals surface area contributed by atoms with Gasteiger partial charge in [0.25, 0.3) is 0 Å². The maximum atomic E-state index is 13.0. The average Bonchev–Trinajstić information content (AvgIpc) is 2.79. The lowest BCUT2D eigenvalue weighted by Crippen LogP contribution is -2.61. The molecule has 1 saturated heterocycles. The first-order valence-corrected chi connectivity index (χ1v) is 9.73. The molecule has 0 saturated carbocycles. The van der Waals surface area contributed by atoms with E-state index in [-0.39, 0.29) is 22.3 Å². The van der Waals surface area contributed by atoms with Gasteiger partial charge in [0.15, 0.2) is 6.10 Å². The highest BCUT2D eigenvalue weighted by molar-refractivity contribution is 5.88. The van der Waals surface area contributed by atoms with Crippen LogP contribution in [0.5, 0.6) is 17.2 Å². The molecule has 2 aromatic carbocycles. The Morgan fingerprint density at radius 2 is 1.70 bits per heavy atom. The van der Waals surface area contributed by atoms with Gasteiger partial charge in [0.05, 0.1) is 12.7 Å². The molecule has 1 aromatic heterocycles. The van der Waals surface area contributed by atoms with E-state index >= 15 is 0 Å². The molecule has 1 aliphatic heterocycles. The second-order valence-electron chi connectivity index (χ2n) is 7.38. The number of aliphatic carboxylic acids is 1. The lowest BCUT2D eigenvalue weighted by molar-refractivity contribution is -0.271. The monoisotopic (exact) mass is 460 g/mol. The molecular weight excluding hydrogens is 440 g/mol. The van der Waals surface area contributed by atoms with Gasteiger partial charge >= 0.3 is 5.97 Å². The number of carboxylic acid groups (broad SMARTS) is 1. The molecule has 5 atom stereocenters. The first-order valence-electron chi connectivity index (χ1n) is 9.73. The number of phenols is 1. The number of fused-ring (bicyclic) bond motifs is 1. The van der Waals surface area contributed by atoms with Crippen LogP contribution >= 0.6 is 0 Å². The van der Waals surface area contributed by atoms with E-state index in [0.717, 1.165) is 6.07 Å². The fraction of sp³-hybridized carbons (Fsp3) is 0.273. The Morgan fingerprint density at radius 3 is 2.33 bits per heavy atom. The number of aliphatic hydroxyl groups is 3. The molecule has 0 unspecified atom stereocenters. The van der Waals surface area contributed by atoms with Crippen molar-refractivity contribution in [1.29, 1.82) is 0 Å². The second-order valence-corrected chi connectivity index (χ2v) is 7.38. The highest BCUT2D eigenvalue weighted by Gasteiger charge is 2.48. The Kier molecular flexibility index (Phi) is 5.95. The summed E-state index contributed by atoms with van der Waals surface area (Å²) >= 11 is 0. The number of methoxy groups -OCH3 is 1. The number of ether oxygens (including phenoxy) is 3. The second kappa shape index (κ2) is 8.71. The summed E-state index contributed by atoms with van der Waals surface area (Å²) in [6.45, 7) is 0. The number of benzene rings is 2. The maximum absolute atomic E-state index is 13.0. The molecule has 0 amide bonds. The first kappa shape index (κ1) is 22.6. The van der Waals surface area contributed by atoms with Gasteiger partial charge in [-0.1, -0.05) is 12.1 Å². The van der Waals surface area contributed by atoms with Crippen molar-refractivity contribution in [1.82, 2.24) is 0 Å². The van der Waals surface area contributed by atoms with Crippen LogP contribution in [0.3, 0.4) is 0 Å². The number of aromatic hydroxyl groups is 1.